The van der Waals surface area contributed by atoms with Gasteiger partial charge in [-0.25, -0.2) is 9.97 Å². The first kappa shape index (κ1) is 52.4. The van der Waals surface area contributed by atoms with Crippen LogP contribution in [-0.4, -0.2) is 110 Å². The monoisotopic (exact) mass is 1030 g/mol. The third kappa shape index (κ3) is 12.1. The number of nitrogens with zero attached hydrogens (tertiary/aromatic N) is 4. The van der Waals surface area contributed by atoms with E-state index in [4.69, 9.17) is 35.5 Å². The van der Waals surface area contributed by atoms with Crippen molar-refractivity contribution in [3.05, 3.63) is 88.3 Å². The van der Waals surface area contributed by atoms with Gasteiger partial charge in [0.15, 0.2) is 0 Å². The van der Waals surface area contributed by atoms with Gasteiger partial charge in [0, 0.05) is 56.0 Å². The molecule has 2 saturated heterocycles. The molecule has 0 spiro atoms. The number of nitrogens with one attached hydrogen (secondary N) is 2. The number of thiophene rings is 2. The minimum absolute atomic E-state index is 0. The first-order valence-corrected chi connectivity index (χ1v) is 24.9. The van der Waals surface area contributed by atoms with Crippen molar-refractivity contribution in [1.29, 1.82) is 0 Å². The van der Waals surface area contributed by atoms with Crippen LogP contribution < -0.4 is 69.7 Å². The summed E-state index contributed by atoms with van der Waals surface area (Å²) in [5.41, 5.74) is 2.64. The van der Waals surface area contributed by atoms with E-state index in [-0.39, 0.29) is 133 Å². The Bertz CT molecular complexity index is 2340. The topological polar surface area (TPSA) is 233 Å². The standard InChI is InChI=1S/2C19H17N3O5S4.2Na/c2*23-12(6-10-2-1-5-29-10)21-14-17(26)22-15(19(27)28)11(8-31-18(14)22)16-20-9(7-30-16)3-4-13(24)25;;/h2*1-2,5,7,14,18H,3-4,6,8H2,(H,21,23)(H,24,25)(H,27,28);;/q;;2*+1/p-2/t2*14-,18-;;/m11../s1. The maximum atomic E-state index is 12.8. The summed E-state index contributed by atoms with van der Waals surface area (Å²) in [7, 11) is 0. The molecule has 16 nitrogen and oxygen atoms in total. The van der Waals surface area contributed by atoms with Crippen molar-refractivity contribution in [1.82, 2.24) is 30.4 Å². The second kappa shape index (κ2) is 23.4. The van der Waals surface area contributed by atoms with Gasteiger partial charge in [-0.2, -0.15) is 0 Å². The van der Waals surface area contributed by atoms with E-state index in [1.807, 2.05) is 35.0 Å². The Hall–Kier alpha value is -2.56. The molecule has 4 N–H and O–H groups in total. The fraction of sp³-hybridized carbons (Fsp3) is 0.316. The normalized spacial score (nSPS) is 19.6. The van der Waals surface area contributed by atoms with Crippen LogP contribution in [-0.2, 0) is 89.3 Å². The van der Waals surface area contributed by atoms with Crippen molar-refractivity contribution in [2.24, 2.45) is 0 Å². The van der Waals surface area contributed by atoms with Crippen molar-refractivity contribution in [3.8, 4) is 0 Å². The number of rotatable bonds is 16. The third-order valence-electron chi connectivity index (χ3n) is 9.60. The molecule has 26 heteroatoms. The Kier molecular flexibility index (Phi) is 19.2. The first-order valence-electron chi connectivity index (χ1n) is 18.4. The number of aryl methyl sites for hydroxylation is 2. The quantitative estimate of drug-likeness (QED) is 0.0509. The van der Waals surface area contributed by atoms with Crippen LogP contribution in [0, 0.1) is 0 Å². The van der Waals surface area contributed by atoms with Crippen LogP contribution in [0.25, 0.3) is 11.1 Å². The second-order valence-corrected chi connectivity index (χ2v) is 20.5. The average molecular weight is 1040 g/mol. The summed E-state index contributed by atoms with van der Waals surface area (Å²) in [5, 5.41) is 29.5. The van der Waals surface area contributed by atoms with E-state index in [1.165, 1.54) is 78.7 Å². The number of hydrogen-bond donors (Lipinski definition) is 4. The van der Waals surface area contributed by atoms with Crippen LogP contribution in [0.1, 0.15) is 44.0 Å². The fourth-order valence-electron chi connectivity index (χ4n) is 6.73. The number of aromatic nitrogens is 2. The van der Waals surface area contributed by atoms with Crippen LogP contribution in [0.3, 0.4) is 0 Å². The molecule has 324 valence electrons. The average Bonchev–Trinajstić information content (AvgIpc) is 4.09. The van der Waals surface area contributed by atoms with Crippen molar-refractivity contribution < 1.29 is 108 Å². The summed E-state index contributed by atoms with van der Waals surface area (Å²) in [4.78, 5) is 110. The number of carboxylic acid groups (broad SMARTS) is 2. The maximum absolute atomic E-state index is 12.8. The van der Waals surface area contributed by atoms with Gasteiger partial charge in [-0.15, -0.1) is 68.9 Å². The summed E-state index contributed by atoms with van der Waals surface area (Å²) in [6, 6.07) is 6.03. The summed E-state index contributed by atoms with van der Waals surface area (Å²) < 4.78 is 0. The zero-order valence-corrected chi connectivity index (χ0v) is 44.3. The Balaban J connectivity index is 0.000000234. The molecule has 64 heavy (non-hydrogen) atoms. The van der Waals surface area contributed by atoms with Crippen molar-refractivity contribution in [2.45, 2.75) is 61.4 Å². The number of aliphatic carboxylic acids is 2. The van der Waals surface area contributed by atoms with Crippen molar-refractivity contribution >= 4 is 151 Å². The van der Waals surface area contributed by atoms with Crippen LogP contribution >= 0.6 is 68.9 Å². The van der Waals surface area contributed by atoms with E-state index < -0.39 is 45.0 Å². The third-order valence-corrected chi connectivity index (χ3v) is 16.2. The van der Waals surface area contributed by atoms with E-state index in [0.717, 1.165) is 9.75 Å². The summed E-state index contributed by atoms with van der Waals surface area (Å²) in [5.74, 6) is -2.23. The molecule has 0 radical (unpaired) electrons. The molecule has 2 fully saturated rings. The number of thiazole rings is 2. The van der Waals surface area contributed by atoms with E-state index in [2.05, 4.69) is 20.6 Å². The van der Waals surface area contributed by atoms with Gasteiger partial charge in [-0.1, -0.05) is 12.1 Å². The van der Waals surface area contributed by atoms with Crippen LogP contribution in [0.2, 0.25) is 0 Å². The smallest absolute Gasteiger partial charge is 0.735 e. The number of carbonyl (C=O) groups is 8. The number of carboxylic acids is 2. The molecule has 4 aliphatic heterocycles. The molecule has 0 saturated carbocycles. The van der Waals surface area contributed by atoms with Crippen molar-refractivity contribution in [3.63, 3.8) is 0 Å². The fourth-order valence-corrected chi connectivity index (χ4v) is 13.3. The summed E-state index contributed by atoms with van der Waals surface area (Å²) >= 11 is 18.2. The number of β-lactam (4-membered cyclic amide) rings is 2. The molecule has 8 heterocycles. The minimum Gasteiger partial charge on any atom is -0.735 e. The number of thioether (sulfide) groups is 2. The maximum Gasteiger partial charge on any atom is 1.00 e. The molecule has 4 amide bonds. The van der Waals surface area contributed by atoms with E-state index in [0.29, 0.717) is 44.1 Å². The SMILES string of the molecule is O=C(O)CCc1csc(C2=C(C(=O)[S-])N3C(=O)[C@@H](NC(=O)Cc4cccs4)[C@H]3SC2)n1.O=C(O)CCc1csc(C2=C(C(=O)[S-])N3C(=O)[C@@H](NC(=O)Cc4cccs4)[C@H]3SC2)n1.[Na+].[Na+]. The van der Waals surface area contributed by atoms with Gasteiger partial charge in [0.25, 0.3) is 11.8 Å². The molecule has 0 unspecified atom stereocenters. The van der Waals surface area contributed by atoms with E-state index in [1.54, 1.807) is 10.8 Å². The molecule has 8 rings (SSSR count). The van der Waals surface area contributed by atoms with Crippen LogP contribution in [0.5, 0.6) is 0 Å². The van der Waals surface area contributed by atoms with Gasteiger partial charge in [0.05, 0.1) is 58.7 Å². The molecular formula is C38H32N6Na2O10S8. The molecule has 0 aliphatic carbocycles. The molecular weight excluding hydrogens is 1000 g/mol. The van der Waals surface area contributed by atoms with Crippen molar-refractivity contribution in [2.75, 3.05) is 11.5 Å². The van der Waals surface area contributed by atoms with E-state index in [9.17, 15) is 38.4 Å². The molecule has 4 atom stereocenters. The van der Waals surface area contributed by atoms with Crippen LogP contribution in [0.15, 0.2) is 57.2 Å². The Labute approximate surface area is 445 Å². The molecule has 4 aromatic heterocycles. The largest absolute Gasteiger partial charge is 1.00 e. The van der Waals surface area contributed by atoms with Crippen LogP contribution in [0.4, 0.5) is 0 Å². The zero-order chi connectivity index (χ0) is 44.2. The van der Waals surface area contributed by atoms with E-state index >= 15 is 0 Å². The number of carbonyl (C=O) groups excluding carboxylic acids is 6. The number of hydrogen-bond acceptors (Lipinski definition) is 18. The molecule has 0 bridgehead atoms. The van der Waals surface area contributed by atoms with Gasteiger partial charge >= 0.3 is 71.1 Å². The molecule has 0 aromatic carbocycles. The molecule has 4 aromatic rings. The predicted molar refractivity (Wildman–Crippen MR) is 241 cm³/mol. The zero-order valence-electron chi connectivity index (χ0n) is 33.8. The summed E-state index contributed by atoms with van der Waals surface area (Å²) in [6.45, 7) is 0. The molecule has 4 aliphatic rings. The van der Waals surface area contributed by atoms with Gasteiger partial charge in [0.1, 0.15) is 32.8 Å². The Morgan fingerprint density at radius 1 is 0.656 bits per heavy atom. The summed E-state index contributed by atoms with van der Waals surface area (Å²) in [6.07, 6.45) is 0.892. The first-order chi connectivity index (χ1) is 29.7. The Morgan fingerprint density at radius 2 is 1.05 bits per heavy atom. The van der Waals surface area contributed by atoms with Gasteiger partial charge in [0.2, 0.25) is 11.8 Å². The Morgan fingerprint density at radius 3 is 1.38 bits per heavy atom. The predicted octanol–water partition coefficient (Wildman–Crippen LogP) is -2.69. The van der Waals surface area contributed by atoms with Gasteiger partial charge in [-0.05, 0) is 22.9 Å². The number of amides is 4. The second-order valence-electron chi connectivity index (χ2n) is 13.7. The minimum atomic E-state index is -0.912. The van der Waals surface area contributed by atoms with Gasteiger partial charge < -0.3 is 55.7 Å². The van der Waals surface area contributed by atoms with Gasteiger partial charge in [-0.3, -0.25) is 38.6 Å². The number of fused-ring (bicyclic) bond motifs is 2.